The highest BCUT2D eigenvalue weighted by Gasteiger charge is 2.33. The third-order valence-corrected chi connectivity index (χ3v) is 6.40. The number of fused-ring (bicyclic) bond motifs is 1. The van der Waals surface area contributed by atoms with Crippen molar-refractivity contribution in [2.45, 2.75) is 53.9 Å². The van der Waals surface area contributed by atoms with Crippen LogP contribution in [0.1, 0.15) is 62.8 Å². The quantitative estimate of drug-likeness (QED) is 0.248. The number of hydrogen-bond acceptors (Lipinski definition) is 2. The highest BCUT2D eigenvalue weighted by Crippen LogP contribution is 2.45. The summed E-state index contributed by atoms with van der Waals surface area (Å²) in [5.41, 5.74) is 7.84. The van der Waals surface area contributed by atoms with E-state index in [2.05, 4.69) is 52.6 Å². The van der Waals surface area contributed by atoms with Crippen LogP contribution in [0.25, 0.3) is 5.57 Å². The molecule has 0 saturated carbocycles. The molecule has 1 aliphatic carbocycles. The molecule has 0 amide bonds. The van der Waals surface area contributed by atoms with Crippen molar-refractivity contribution in [3.8, 4) is 6.07 Å². The summed E-state index contributed by atoms with van der Waals surface area (Å²) in [7, 11) is 0. The molecule has 2 rings (SSSR count). The molecule has 29 heavy (non-hydrogen) atoms. The largest absolute Gasteiger partial charge is 0.508 e. The Kier molecular flexibility index (Phi) is 6.75. The van der Waals surface area contributed by atoms with Gasteiger partial charge < -0.3 is 5.11 Å². The van der Waals surface area contributed by atoms with Crippen LogP contribution >= 0.6 is 0 Å². The van der Waals surface area contributed by atoms with Gasteiger partial charge in [0.05, 0.1) is 11.6 Å². The second-order valence-corrected chi connectivity index (χ2v) is 8.71. The molecule has 0 aromatic heterocycles. The van der Waals surface area contributed by atoms with Crippen molar-refractivity contribution in [3.05, 3.63) is 88.8 Å². The molecule has 0 aliphatic heterocycles. The third kappa shape index (κ3) is 4.62. The lowest BCUT2D eigenvalue weighted by Crippen LogP contribution is -2.26. The van der Waals surface area contributed by atoms with Gasteiger partial charge in [0, 0.05) is 5.57 Å². The van der Waals surface area contributed by atoms with Crippen LogP contribution in [0.3, 0.4) is 0 Å². The Hall–Kier alpha value is -2.79. The van der Waals surface area contributed by atoms with Crippen LogP contribution in [0.15, 0.2) is 66.5 Å². The molecule has 152 valence electrons. The normalized spacial score (nSPS) is 18.8. The molecule has 0 heterocycles. The van der Waals surface area contributed by atoms with Gasteiger partial charge in [0.15, 0.2) is 0 Å². The second kappa shape index (κ2) is 8.70. The van der Waals surface area contributed by atoms with Gasteiger partial charge >= 0.3 is 0 Å². The number of nitrogens with zero attached hydrogens (tertiary/aromatic N) is 1. The number of aliphatic hydroxyl groups is 1. The molecule has 1 aromatic rings. The Morgan fingerprint density at radius 2 is 2.00 bits per heavy atom. The van der Waals surface area contributed by atoms with E-state index in [4.69, 9.17) is 0 Å². The van der Waals surface area contributed by atoms with Crippen LogP contribution in [0.2, 0.25) is 0 Å². The molecule has 0 radical (unpaired) electrons. The van der Waals surface area contributed by atoms with Crippen LogP contribution in [-0.2, 0) is 6.42 Å². The zero-order chi connectivity index (χ0) is 21.9. The van der Waals surface area contributed by atoms with Crippen LogP contribution in [-0.4, -0.2) is 5.11 Å². The zero-order valence-electron chi connectivity index (χ0n) is 18.5. The zero-order valence-corrected chi connectivity index (χ0v) is 18.5. The number of rotatable bonds is 5. The molecular weight excluding hydrogens is 354 g/mol. The number of aryl methyl sites for hydroxylation is 1. The number of benzene rings is 1. The number of nitriles is 1. The summed E-state index contributed by atoms with van der Waals surface area (Å²) in [5, 5.41) is 19.5. The molecular formula is C27H33NO. The van der Waals surface area contributed by atoms with E-state index in [1.54, 1.807) is 0 Å². The average Bonchev–Trinajstić information content (AvgIpc) is 2.78. The Balaban J connectivity index is 2.69. The summed E-state index contributed by atoms with van der Waals surface area (Å²) in [6.45, 7) is 22.9. The van der Waals surface area contributed by atoms with Gasteiger partial charge in [0.25, 0.3) is 0 Å². The van der Waals surface area contributed by atoms with E-state index < -0.39 is 0 Å². The molecule has 2 heteroatoms. The van der Waals surface area contributed by atoms with Crippen molar-refractivity contribution in [1.29, 1.82) is 5.26 Å². The van der Waals surface area contributed by atoms with Crippen LogP contribution in [0.5, 0.6) is 0 Å². The van der Waals surface area contributed by atoms with E-state index in [0.717, 1.165) is 47.1 Å². The van der Waals surface area contributed by atoms with Gasteiger partial charge in [0.2, 0.25) is 0 Å². The summed E-state index contributed by atoms with van der Waals surface area (Å²) < 4.78 is 0. The maximum atomic E-state index is 9.90. The fourth-order valence-electron chi connectivity index (χ4n) is 4.20. The molecule has 1 unspecified atom stereocenters. The van der Waals surface area contributed by atoms with Crippen molar-refractivity contribution < 1.29 is 5.11 Å². The van der Waals surface area contributed by atoms with Gasteiger partial charge in [-0.1, -0.05) is 70.7 Å². The van der Waals surface area contributed by atoms with Gasteiger partial charge in [-0.15, -0.1) is 0 Å². The minimum atomic E-state index is 0.0167. The molecule has 1 atom stereocenters. The third-order valence-electron chi connectivity index (χ3n) is 6.40. The fourth-order valence-corrected chi connectivity index (χ4v) is 4.20. The lowest BCUT2D eigenvalue weighted by molar-refractivity contribution is 0.235. The number of aliphatic hydroxyl groups excluding tert-OH is 1. The first kappa shape index (κ1) is 22.5. The van der Waals surface area contributed by atoms with Crippen molar-refractivity contribution in [2.75, 3.05) is 0 Å². The van der Waals surface area contributed by atoms with E-state index in [1.807, 2.05) is 32.1 Å². The Labute approximate surface area is 176 Å². The Bertz CT molecular complexity index is 963. The van der Waals surface area contributed by atoms with Crippen LogP contribution in [0, 0.1) is 29.6 Å². The first-order valence-corrected chi connectivity index (χ1v) is 10.2. The van der Waals surface area contributed by atoms with Gasteiger partial charge in [-0.2, -0.15) is 5.26 Å². The molecule has 0 saturated heterocycles. The van der Waals surface area contributed by atoms with Crippen molar-refractivity contribution in [1.82, 2.24) is 0 Å². The predicted octanol–water partition coefficient (Wildman–Crippen LogP) is 7.38. The minimum absolute atomic E-state index is 0.0167. The SMILES string of the molecule is C=C(O)/C(=C/C)C(=C)/C=C1\CC(=C)C(C(C)(C)CC)Cc2cc(C#N)c(C)cc21. The van der Waals surface area contributed by atoms with Gasteiger partial charge in [-0.25, -0.2) is 0 Å². The maximum absolute atomic E-state index is 9.90. The average molecular weight is 388 g/mol. The lowest BCUT2D eigenvalue weighted by atomic mass is 9.70. The Morgan fingerprint density at radius 3 is 2.52 bits per heavy atom. The summed E-state index contributed by atoms with van der Waals surface area (Å²) >= 11 is 0. The summed E-state index contributed by atoms with van der Waals surface area (Å²) in [6.07, 6.45) is 6.54. The number of hydrogen-bond donors (Lipinski definition) is 1. The number of allylic oxidation sites excluding steroid dienone is 5. The first-order chi connectivity index (χ1) is 13.5. The van der Waals surface area contributed by atoms with E-state index in [0.29, 0.717) is 11.5 Å². The topological polar surface area (TPSA) is 44.0 Å². The molecule has 0 fully saturated rings. The van der Waals surface area contributed by atoms with E-state index >= 15 is 0 Å². The monoisotopic (exact) mass is 387 g/mol. The second-order valence-electron chi connectivity index (χ2n) is 8.71. The highest BCUT2D eigenvalue weighted by atomic mass is 16.3. The maximum Gasteiger partial charge on any atom is 0.115 e. The first-order valence-electron chi connectivity index (χ1n) is 10.2. The minimum Gasteiger partial charge on any atom is -0.508 e. The molecule has 1 aliphatic rings. The van der Waals surface area contributed by atoms with Crippen LogP contribution < -0.4 is 0 Å². The Morgan fingerprint density at radius 1 is 1.34 bits per heavy atom. The van der Waals surface area contributed by atoms with Crippen LogP contribution in [0.4, 0.5) is 0 Å². The van der Waals surface area contributed by atoms with Crippen molar-refractivity contribution in [3.63, 3.8) is 0 Å². The summed E-state index contributed by atoms with van der Waals surface area (Å²) in [5.74, 6) is 0.344. The van der Waals surface area contributed by atoms with Gasteiger partial charge in [0.1, 0.15) is 5.76 Å². The fraction of sp³-hybridized carbons (Fsp3) is 0.370. The van der Waals surface area contributed by atoms with Gasteiger partial charge in [-0.05, 0) is 71.9 Å². The van der Waals surface area contributed by atoms with E-state index in [1.165, 1.54) is 11.1 Å². The smallest absolute Gasteiger partial charge is 0.115 e. The summed E-state index contributed by atoms with van der Waals surface area (Å²) in [4.78, 5) is 0. The predicted molar refractivity (Wildman–Crippen MR) is 124 cm³/mol. The highest BCUT2D eigenvalue weighted by molar-refractivity contribution is 5.76. The molecule has 2 nitrogen and oxygen atoms in total. The molecule has 0 bridgehead atoms. The van der Waals surface area contributed by atoms with E-state index in [9.17, 15) is 10.4 Å². The van der Waals surface area contributed by atoms with Gasteiger partial charge in [-0.3, -0.25) is 0 Å². The molecule has 1 aromatic carbocycles. The molecule has 0 spiro atoms. The molecule has 1 N–H and O–H groups in total. The summed E-state index contributed by atoms with van der Waals surface area (Å²) in [6, 6.07) is 6.49. The van der Waals surface area contributed by atoms with E-state index in [-0.39, 0.29) is 11.2 Å². The standard InChI is InChI=1S/C27H33NO/c1-9-24(20(6)29)18(4)11-21-12-19(5)26(27(7,8)10-2)15-22-14-23(16-28)17(3)13-25(21)22/h9,11,13-14,26,29H,4-6,10,12,15H2,1-3,7-8H3/b21-11+,24-9+. The van der Waals surface area contributed by atoms with Crippen molar-refractivity contribution in [2.24, 2.45) is 11.3 Å². The van der Waals surface area contributed by atoms with Crippen molar-refractivity contribution >= 4 is 5.57 Å². The lowest BCUT2D eigenvalue weighted by Gasteiger charge is -2.34.